The Kier molecular flexibility index (Phi) is 6.96. The number of hydrogen-bond acceptors (Lipinski definition) is 6. The Balaban J connectivity index is 2.34. The summed E-state index contributed by atoms with van der Waals surface area (Å²) in [7, 11) is 1.32. The Morgan fingerprint density at radius 1 is 1.40 bits per heavy atom. The number of methoxy groups -OCH3 is 1. The smallest absolute Gasteiger partial charge is 0.321 e. The third-order valence-electron chi connectivity index (χ3n) is 2.80. The molecule has 3 amide bonds. The van der Waals surface area contributed by atoms with Gasteiger partial charge in [-0.2, -0.15) is 0 Å². The van der Waals surface area contributed by atoms with Gasteiger partial charge in [0.2, 0.25) is 5.91 Å². The quantitative estimate of drug-likeness (QED) is 0.636. The molecule has 1 saturated heterocycles. The van der Waals surface area contributed by atoms with Crippen LogP contribution in [-0.2, 0) is 19.1 Å². The van der Waals surface area contributed by atoms with Crippen LogP contribution in [0.3, 0.4) is 0 Å². The molecule has 0 aromatic rings. The number of carbonyl (C=O) groups excluding carboxylic acids is 3. The zero-order valence-corrected chi connectivity index (χ0v) is 11.8. The number of urea groups is 1. The van der Waals surface area contributed by atoms with Crippen molar-refractivity contribution in [2.24, 2.45) is 0 Å². The second kappa shape index (κ2) is 8.49. The van der Waals surface area contributed by atoms with Gasteiger partial charge in [-0.3, -0.25) is 19.8 Å². The molecule has 1 aliphatic rings. The molecule has 1 rings (SSSR count). The van der Waals surface area contributed by atoms with Gasteiger partial charge in [0.25, 0.3) is 0 Å². The summed E-state index contributed by atoms with van der Waals surface area (Å²) in [5.41, 5.74) is 0. The number of amides is 3. The molecule has 8 nitrogen and oxygen atoms in total. The number of ether oxygens (including phenoxy) is 2. The van der Waals surface area contributed by atoms with Crippen LogP contribution in [-0.4, -0.2) is 68.8 Å². The molecule has 20 heavy (non-hydrogen) atoms. The zero-order chi connectivity index (χ0) is 15.0. The monoisotopic (exact) mass is 287 g/mol. The highest BCUT2D eigenvalue weighted by molar-refractivity contribution is 5.95. The van der Waals surface area contributed by atoms with Gasteiger partial charge in [-0.15, -0.1) is 0 Å². The van der Waals surface area contributed by atoms with E-state index in [4.69, 9.17) is 4.74 Å². The summed E-state index contributed by atoms with van der Waals surface area (Å²) in [4.78, 5) is 35.8. The van der Waals surface area contributed by atoms with Gasteiger partial charge in [0.05, 0.1) is 32.8 Å². The van der Waals surface area contributed by atoms with Crippen LogP contribution in [0.2, 0.25) is 0 Å². The van der Waals surface area contributed by atoms with Crippen molar-refractivity contribution >= 4 is 17.9 Å². The predicted molar refractivity (Wildman–Crippen MR) is 70.0 cm³/mol. The SMILES string of the molecule is CCNC(=O)NC(=O)CN1CCOC(CC(=O)OC)C1. The fourth-order valence-corrected chi connectivity index (χ4v) is 1.89. The largest absolute Gasteiger partial charge is 0.469 e. The summed E-state index contributed by atoms with van der Waals surface area (Å²) in [5.74, 6) is -0.724. The molecule has 1 atom stereocenters. The zero-order valence-electron chi connectivity index (χ0n) is 11.8. The van der Waals surface area contributed by atoms with Crippen molar-refractivity contribution in [2.45, 2.75) is 19.4 Å². The van der Waals surface area contributed by atoms with E-state index in [0.29, 0.717) is 26.2 Å². The van der Waals surface area contributed by atoms with E-state index >= 15 is 0 Å². The number of nitrogens with zero attached hydrogens (tertiary/aromatic N) is 1. The summed E-state index contributed by atoms with van der Waals surface area (Å²) in [5, 5.41) is 4.71. The maximum Gasteiger partial charge on any atom is 0.321 e. The first-order valence-electron chi connectivity index (χ1n) is 6.53. The first kappa shape index (κ1) is 16.4. The van der Waals surface area contributed by atoms with Crippen LogP contribution in [0.15, 0.2) is 0 Å². The van der Waals surface area contributed by atoms with E-state index in [1.54, 1.807) is 6.92 Å². The molecule has 1 unspecified atom stereocenters. The van der Waals surface area contributed by atoms with Crippen molar-refractivity contribution in [3.05, 3.63) is 0 Å². The predicted octanol–water partition coefficient (Wildman–Crippen LogP) is -0.904. The number of imide groups is 1. The summed E-state index contributed by atoms with van der Waals surface area (Å²) in [6.07, 6.45) is -0.126. The van der Waals surface area contributed by atoms with Gasteiger partial charge in [0.1, 0.15) is 0 Å². The molecule has 0 aromatic heterocycles. The van der Waals surface area contributed by atoms with Crippen molar-refractivity contribution in [2.75, 3.05) is 39.9 Å². The average Bonchev–Trinajstić information content (AvgIpc) is 2.38. The van der Waals surface area contributed by atoms with Gasteiger partial charge in [-0.05, 0) is 6.92 Å². The van der Waals surface area contributed by atoms with Crippen molar-refractivity contribution < 1.29 is 23.9 Å². The lowest BCUT2D eigenvalue weighted by Gasteiger charge is -2.31. The van der Waals surface area contributed by atoms with Crippen LogP contribution in [0.5, 0.6) is 0 Å². The summed E-state index contributed by atoms with van der Waals surface area (Å²) < 4.78 is 10.0. The fourth-order valence-electron chi connectivity index (χ4n) is 1.89. The number of carbonyl (C=O) groups is 3. The third kappa shape index (κ3) is 5.98. The lowest BCUT2D eigenvalue weighted by Crippen LogP contribution is -2.49. The molecule has 8 heteroatoms. The fraction of sp³-hybridized carbons (Fsp3) is 0.750. The number of morpholine rings is 1. The topological polar surface area (TPSA) is 97.0 Å². The molecular formula is C12H21N3O5. The Bertz CT molecular complexity index is 361. The van der Waals surface area contributed by atoms with Crippen LogP contribution in [0.25, 0.3) is 0 Å². The molecule has 1 fully saturated rings. The van der Waals surface area contributed by atoms with Crippen molar-refractivity contribution in [1.82, 2.24) is 15.5 Å². The molecule has 0 radical (unpaired) electrons. The van der Waals surface area contributed by atoms with E-state index in [-0.39, 0.29) is 30.9 Å². The van der Waals surface area contributed by atoms with Gasteiger partial charge in [0.15, 0.2) is 0 Å². The molecule has 114 valence electrons. The Morgan fingerprint density at radius 3 is 2.80 bits per heavy atom. The van der Waals surface area contributed by atoms with E-state index in [1.165, 1.54) is 7.11 Å². The highest BCUT2D eigenvalue weighted by atomic mass is 16.5. The lowest BCUT2D eigenvalue weighted by molar-refractivity contribution is -0.145. The van der Waals surface area contributed by atoms with Crippen LogP contribution < -0.4 is 10.6 Å². The van der Waals surface area contributed by atoms with Crippen LogP contribution >= 0.6 is 0 Å². The van der Waals surface area contributed by atoms with Gasteiger partial charge < -0.3 is 14.8 Å². The summed E-state index contributed by atoms with van der Waals surface area (Å²) >= 11 is 0. The minimum atomic E-state index is -0.503. The first-order valence-corrected chi connectivity index (χ1v) is 6.53. The van der Waals surface area contributed by atoms with Crippen LogP contribution in [0.1, 0.15) is 13.3 Å². The van der Waals surface area contributed by atoms with Crippen LogP contribution in [0, 0.1) is 0 Å². The highest BCUT2D eigenvalue weighted by Gasteiger charge is 2.24. The van der Waals surface area contributed by atoms with E-state index < -0.39 is 6.03 Å². The summed E-state index contributed by atoms with van der Waals surface area (Å²) in [6.45, 7) is 3.80. The Labute approximate surface area is 117 Å². The molecule has 0 aromatic carbocycles. The Morgan fingerprint density at radius 2 is 2.15 bits per heavy atom. The van der Waals surface area contributed by atoms with Crippen molar-refractivity contribution in [3.63, 3.8) is 0 Å². The van der Waals surface area contributed by atoms with Crippen molar-refractivity contribution in [3.8, 4) is 0 Å². The number of hydrogen-bond donors (Lipinski definition) is 2. The molecular weight excluding hydrogens is 266 g/mol. The first-order chi connectivity index (χ1) is 9.55. The highest BCUT2D eigenvalue weighted by Crippen LogP contribution is 2.09. The van der Waals surface area contributed by atoms with Gasteiger partial charge in [-0.1, -0.05) is 0 Å². The van der Waals surface area contributed by atoms with E-state index in [1.807, 2.05) is 4.90 Å². The third-order valence-corrected chi connectivity index (χ3v) is 2.80. The summed E-state index contributed by atoms with van der Waals surface area (Å²) in [6, 6.07) is -0.503. The van der Waals surface area contributed by atoms with Gasteiger partial charge in [0, 0.05) is 19.6 Å². The van der Waals surface area contributed by atoms with Crippen LogP contribution in [0.4, 0.5) is 4.79 Å². The standard InChI is InChI=1S/C12H21N3O5/c1-3-13-12(18)14-10(16)8-15-4-5-20-9(7-15)6-11(17)19-2/h9H,3-8H2,1-2H3,(H2,13,14,16,18). The van der Waals surface area contributed by atoms with Gasteiger partial charge >= 0.3 is 12.0 Å². The van der Waals surface area contributed by atoms with Gasteiger partial charge in [-0.25, -0.2) is 4.79 Å². The minimum absolute atomic E-state index is 0.0954. The normalized spacial score (nSPS) is 19.2. The second-order valence-corrected chi connectivity index (χ2v) is 4.42. The number of rotatable bonds is 5. The molecule has 0 spiro atoms. The molecule has 2 N–H and O–H groups in total. The lowest BCUT2D eigenvalue weighted by atomic mass is 10.2. The average molecular weight is 287 g/mol. The maximum atomic E-state index is 11.6. The maximum absolute atomic E-state index is 11.6. The minimum Gasteiger partial charge on any atom is -0.469 e. The molecule has 0 saturated carbocycles. The molecule has 0 aliphatic carbocycles. The number of esters is 1. The van der Waals surface area contributed by atoms with Crippen molar-refractivity contribution in [1.29, 1.82) is 0 Å². The molecule has 0 bridgehead atoms. The molecule has 1 heterocycles. The van der Waals surface area contributed by atoms with E-state index in [9.17, 15) is 14.4 Å². The number of nitrogens with one attached hydrogen (secondary N) is 2. The van der Waals surface area contributed by atoms with E-state index in [0.717, 1.165) is 0 Å². The Hall–Kier alpha value is -1.67. The molecule has 1 aliphatic heterocycles. The second-order valence-electron chi connectivity index (χ2n) is 4.42. The van der Waals surface area contributed by atoms with E-state index in [2.05, 4.69) is 15.4 Å².